The fraction of sp³-hybridized carbons (Fsp3) is 0.400. The van der Waals surface area contributed by atoms with Crippen molar-refractivity contribution in [2.24, 2.45) is 0 Å². The summed E-state index contributed by atoms with van der Waals surface area (Å²) in [6.07, 6.45) is 0.536. The number of hydrogen-bond donors (Lipinski definition) is 1. The Bertz CT molecular complexity index is 559. The van der Waals surface area contributed by atoms with Crippen LogP contribution in [0.1, 0.15) is 20.3 Å². The highest BCUT2D eigenvalue weighted by atomic mass is 32.2. The summed E-state index contributed by atoms with van der Waals surface area (Å²) in [5.41, 5.74) is -0.772. The second-order valence-electron chi connectivity index (χ2n) is 3.80. The number of hydrogen-bond acceptors (Lipinski definition) is 4. The van der Waals surface area contributed by atoms with Crippen molar-refractivity contribution in [1.29, 1.82) is 0 Å². The van der Waals surface area contributed by atoms with Crippen molar-refractivity contribution in [2.45, 2.75) is 31.2 Å². The highest BCUT2D eigenvalue weighted by molar-refractivity contribution is 7.89. The summed E-state index contributed by atoms with van der Waals surface area (Å²) in [5.74, 6) is -0.857. The lowest BCUT2D eigenvalue weighted by atomic mass is 10.3. The van der Waals surface area contributed by atoms with Gasteiger partial charge in [-0.1, -0.05) is 6.92 Å². The molecule has 1 N–H and O–H groups in total. The van der Waals surface area contributed by atoms with Crippen molar-refractivity contribution in [2.75, 3.05) is 0 Å². The van der Waals surface area contributed by atoms with E-state index >= 15 is 0 Å². The van der Waals surface area contributed by atoms with Crippen LogP contribution in [0, 0.1) is 15.9 Å². The van der Waals surface area contributed by atoms with Gasteiger partial charge in [0.05, 0.1) is 11.0 Å². The molecule has 0 heterocycles. The van der Waals surface area contributed by atoms with E-state index in [9.17, 15) is 22.9 Å². The molecule has 0 aliphatic carbocycles. The standard InChI is InChI=1S/C10H13FN2O4S/c1-3-7(2)12-18(16,17)10-5-4-8(11)6-9(10)13(14)15/h4-7,12H,3H2,1-2H3/t7-/m0/s1. The van der Waals surface area contributed by atoms with E-state index in [0.717, 1.165) is 12.1 Å². The Hall–Kier alpha value is -1.54. The third kappa shape index (κ3) is 3.23. The molecule has 0 bridgehead atoms. The lowest BCUT2D eigenvalue weighted by Crippen LogP contribution is -2.32. The van der Waals surface area contributed by atoms with Crippen LogP contribution >= 0.6 is 0 Å². The predicted molar refractivity (Wildman–Crippen MR) is 63.1 cm³/mol. The second kappa shape index (κ2) is 5.40. The second-order valence-corrected chi connectivity index (χ2v) is 5.48. The Kier molecular flexibility index (Phi) is 4.36. The molecule has 0 spiro atoms. The van der Waals surface area contributed by atoms with Crippen LogP contribution in [0.4, 0.5) is 10.1 Å². The summed E-state index contributed by atoms with van der Waals surface area (Å²) in [5, 5.41) is 10.7. The minimum Gasteiger partial charge on any atom is -0.258 e. The van der Waals surface area contributed by atoms with E-state index in [1.165, 1.54) is 0 Å². The normalized spacial score (nSPS) is 13.3. The van der Waals surface area contributed by atoms with Gasteiger partial charge in [-0.25, -0.2) is 17.5 Å². The minimum atomic E-state index is -4.02. The van der Waals surface area contributed by atoms with Crippen molar-refractivity contribution < 1.29 is 17.7 Å². The number of halogens is 1. The zero-order valence-corrected chi connectivity index (χ0v) is 10.7. The Morgan fingerprint density at radius 3 is 2.61 bits per heavy atom. The van der Waals surface area contributed by atoms with Crippen molar-refractivity contribution >= 4 is 15.7 Å². The van der Waals surface area contributed by atoms with Gasteiger partial charge in [-0.3, -0.25) is 10.1 Å². The molecule has 1 atom stereocenters. The Labute approximate surface area is 104 Å². The van der Waals surface area contributed by atoms with E-state index in [0.29, 0.717) is 12.5 Å². The van der Waals surface area contributed by atoms with Crippen LogP contribution in [-0.2, 0) is 10.0 Å². The summed E-state index contributed by atoms with van der Waals surface area (Å²) in [6, 6.07) is 1.99. The van der Waals surface area contributed by atoms with Gasteiger partial charge in [0.1, 0.15) is 5.82 Å². The topological polar surface area (TPSA) is 89.3 Å². The summed E-state index contributed by atoms with van der Waals surface area (Å²) >= 11 is 0. The van der Waals surface area contributed by atoms with Crippen LogP contribution in [0.15, 0.2) is 23.1 Å². The first-order valence-corrected chi connectivity index (χ1v) is 6.72. The van der Waals surface area contributed by atoms with Crippen LogP contribution in [0.5, 0.6) is 0 Å². The largest absolute Gasteiger partial charge is 0.292 e. The first-order chi connectivity index (χ1) is 8.27. The van der Waals surface area contributed by atoms with Crippen LogP contribution in [0.3, 0.4) is 0 Å². The van der Waals surface area contributed by atoms with Gasteiger partial charge in [-0.05, 0) is 25.5 Å². The van der Waals surface area contributed by atoms with Gasteiger partial charge in [0, 0.05) is 6.04 Å². The van der Waals surface area contributed by atoms with Gasteiger partial charge in [-0.2, -0.15) is 0 Å². The van der Waals surface area contributed by atoms with E-state index in [1.54, 1.807) is 13.8 Å². The van der Waals surface area contributed by atoms with E-state index in [4.69, 9.17) is 0 Å². The third-order valence-electron chi connectivity index (χ3n) is 2.38. The highest BCUT2D eigenvalue weighted by Crippen LogP contribution is 2.24. The number of rotatable bonds is 5. The molecule has 1 rings (SSSR count). The molecule has 18 heavy (non-hydrogen) atoms. The van der Waals surface area contributed by atoms with Gasteiger partial charge < -0.3 is 0 Å². The van der Waals surface area contributed by atoms with Gasteiger partial charge in [0.2, 0.25) is 10.0 Å². The van der Waals surface area contributed by atoms with E-state index in [2.05, 4.69) is 4.72 Å². The molecule has 0 aromatic heterocycles. The monoisotopic (exact) mass is 276 g/mol. The molecular formula is C10H13FN2O4S. The molecule has 0 radical (unpaired) electrons. The van der Waals surface area contributed by atoms with Gasteiger partial charge in [-0.15, -0.1) is 0 Å². The van der Waals surface area contributed by atoms with Gasteiger partial charge in [0.15, 0.2) is 4.90 Å². The van der Waals surface area contributed by atoms with E-state index in [1.807, 2.05) is 0 Å². The summed E-state index contributed by atoms with van der Waals surface area (Å²) < 4.78 is 39.0. The molecular weight excluding hydrogens is 263 g/mol. The van der Waals surface area contributed by atoms with Crippen LogP contribution in [0.25, 0.3) is 0 Å². The van der Waals surface area contributed by atoms with E-state index < -0.39 is 31.3 Å². The number of benzene rings is 1. The number of sulfonamides is 1. The molecule has 0 unspecified atom stereocenters. The average Bonchev–Trinajstić information content (AvgIpc) is 2.27. The summed E-state index contributed by atoms with van der Waals surface area (Å²) in [7, 11) is -4.02. The van der Waals surface area contributed by atoms with Crippen molar-refractivity contribution in [1.82, 2.24) is 4.72 Å². The number of nitrogens with zero attached hydrogens (tertiary/aromatic N) is 1. The average molecular weight is 276 g/mol. The Morgan fingerprint density at radius 2 is 2.11 bits per heavy atom. The lowest BCUT2D eigenvalue weighted by Gasteiger charge is -2.12. The zero-order valence-electron chi connectivity index (χ0n) is 9.88. The molecule has 1 aromatic carbocycles. The Balaban J connectivity index is 3.28. The van der Waals surface area contributed by atoms with Crippen molar-refractivity contribution in [3.8, 4) is 0 Å². The number of nitro benzene ring substituents is 1. The fourth-order valence-electron chi connectivity index (χ4n) is 1.27. The number of nitro groups is 1. The molecule has 0 saturated heterocycles. The first kappa shape index (κ1) is 14.5. The minimum absolute atomic E-state index is 0.361. The Morgan fingerprint density at radius 1 is 1.50 bits per heavy atom. The van der Waals surface area contributed by atoms with Crippen molar-refractivity contribution in [3.05, 3.63) is 34.1 Å². The maximum absolute atomic E-state index is 12.9. The first-order valence-electron chi connectivity index (χ1n) is 5.24. The fourth-order valence-corrected chi connectivity index (χ4v) is 2.75. The van der Waals surface area contributed by atoms with Crippen molar-refractivity contribution in [3.63, 3.8) is 0 Å². The van der Waals surface area contributed by atoms with Crippen LogP contribution in [0.2, 0.25) is 0 Å². The van der Waals surface area contributed by atoms with Crippen LogP contribution in [-0.4, -0.2) is 19.4 Å². The molecule has 6 nitrogen and oxygen atoms in total. The molecule has 0 amide bonds. The molecule has 0 fully saturated rings. The smallest absolute Gasteiger partial charge is 0.258 e. The maximum Gasteiger partial charge on any atom is 0.292 e. The quantitative estimate of drug-likeness (QED) is 0.656. The molecule has 0 aliphatic heterocycles. The van der Waals surface area contributed by atoms with Gasteiger partial charge >= 0.3 is 0 Å². The van der Waals surface area contributed by atoms with Gasteiger partial charge in [0.25, 0.3) is 5.69 Å². The molecule has 100 valence electrons. The maximum atomic E-state index is 12.9. The zero-order chi connectivity index (χ0) is 13.9. The summed E-state index contributed by atoms with van der Waals surface area (Å²) in [6.45, 7) is 3.40. The highest BCUT2D eigenvalue weighted by Gasteiger charge is 2.27. The SMILES string of the molecule is CC[C@H](C)NS(=O)(=O)c1ccc(F)cc1[N+](=O)[O-]. The predicted octanol–water partition coefficient (Wildman–Crippen LogP) is 1.81. The van der Waals surface area contributed by atoms with Crippen LogP contribution < -0.4 is 4.72 Å². The molecule has 1 aromatic rings. The molecule has 0 saturated carbocycles. The third-order valence-corrected chi connectivity index (χ3v) is 4.01. The lowest BCUT2D eigenvalue weighted by molar-refractivity contribution is -0.388. The molecule has 8 heteroatoms. The molecule has 0 aliphatic rings. The summed E-state index contributed by atoms with van der Waals surface area (Å²) in [4.78, 5) is 9.27. The number of nitrogens with one attached hydrogen (secondary N) is 1. The van der Waals surface area contributed by atoms with E-state index in [-0.39, 0.29) is 6.04 Å².